The predicted octanol–water partition coefficient (Wildman–Crippen LogP) is 7.25. The van der Waals surface area contributed by atoms with Gasteiger partial charge in [0.2, 0.25) is 0 Å². The fourth-order valence-electron chi connectivity index (χ4n) is 4.61. The number of aryl methyl sites for hydroxylation is 1. The zero-order valence-corrected chi connectivity index (χ0v) is 26.7. The van der Waals surface area contributed by atoms with E-state index in [0.29, 0.717) is 41.5 Å². The van der Waals surface area contributed by atoms with Crippen LogP contribution in [0.1, 0.15) is 85.9 Å². The fraction of sp³-hybridized carbons (Fsp3) is 0.412. The molecular weight excluding hydrogens is 580 g/mol. The van der Waals surface area contributed by atoms with Crippen molar-refractivity contribution in [1.29, 1.82) is 0 Å². The molecule has 0 spiro atoms. The van der Waals surface area contributed by atoms with E-state index in [-0.39, 0.29) is 33.9 Å². The topological polar surface area (TPSA) is 115 Å². The molecule has 1 saturated heterocycles. The Balaban J connectivity index is 1.76. The van der Waals surface area contributed by atoms with Gasteiger partial charge < -0.3 is 19.3 Å². The predicted molar refractivity (Wildman–Crippen MR) is 170 cm³/mol. The monoisotopic (exact) mass is 620 g/mol. The van der Waals surface area contributed by atoms with Gasteiger partial charge in [-0.3, -0.25) is 14.5 Å². The number of nitrogens with zero attached hydrogens (tertiary/aromatic N) is 2. The zero-order valence-electron chi connectivity index (χ0n) is 25.9. The number of hydrogen-bond donors (Lipinski definition) is 1. The number of carbonyl (C=O) groups is 3. The van der Waals surface area contributed by atoms with Crippen molar-refractivity contribution in [3.63, 3.8) is 0 Å². The van der Waals surface area contributed by atoms with E-state index in [2.05, 4.69) is 18.8 Å². The second-order valence-corrected chi connectivity index (χ2v) is 12.0. The molecule has 234 valence electrons. The highest BCUT2D eigenvalue weighted by Gasteiger charge is 2.48. The number of aromatic nitrogens is 1. The van der Waals surface area contributed by atoms with Crippen LogP contribution in [0, 0.1) is 12.8 Å². The van der Waals surface area contributed by atoms with Crippen LogP contribution in [0.25, 0.3) is 5.76 Å². The number of hydrogen-bond acceptors (Lipinski definition) is 9. The molecule has 2 aromatic carbocycles. The van der Waals surface area contributed by atoms with Crippen LogP contribution < -0.4 is 14.4 Å². The number of esters is 1. The number of unbranched alkanes of at least 4 members (excludes halogenated alkanes) is 2. The second kappa shape index (κ2) is 15.0. The Morgan fingerprint density at radius 1 is 0.955 bits per heavy atom. The van der Waals surface area contributed by atoms with E-state index in [9.17, 15) is 19.5 Å². The van der Waals surface area contributed by atoms with Gasteiger partial charge in [-0.25, -0.2) is 9.78 Å². The van der Waals surface area contributed by atoms with Crippen molar-refractivity contribution in [3.8, 4) is 11.5 Å². The van der Waals surface area contributed by atoms with Crippen molar-refractivity contribution < 1.29 is 33.7 Å². The summed E-state index contributed by atoms with van der Waals surface area (Å²) in [6.07, 6.45) is 3.83. The second-order valence-electron chi connectivity index (χ2n) is 11.1. The zero-order chi connectivity index (χ0) is 31.8. The summed E-state index contributed by atoms with van der Waals surface area (Å²) >= 11 is 0.980. The molecule has 1 aromatic heterocycles. The van der Waals surface area contributed by atoms with E-state index in [1.54, 1.807) is 55.5 Å². The van der Waals surface area contributed by atoms with Gasteiger partial charge in [-0.2, -0.15) is 0 Å². The largest absolute Gasteiger partial charge is 0.507 e. The van der Waals surface area contributed by atoms with Gasteiger partial charge in [0.05, 0.1) is 37.1 Å². The molecule has 3 aromatic rings. The van der Waals surface area contributed by atoms with E-state index in [1.807, 2.05) is 13.8 Å². The summed E-state index contributed by atoms with van der Waals surface area (Å²) in [4.78, 5) is 46.0. The fourth-order valence-corrected chi connectivity index (χ4v) is 5.59. The number of Topliss-reactive ketones (excluding diaryl/α,β-unsaturated/α-hetero) is 1. The third kappa shape index (κ3) is 7.48. The van der Waals surface area contributed by atoms with Crippen LogP contribution in [0.3, 0.4) is 0 Å². The quantitative estimate of drug-likeness (QED) is 0.0659. The molecule has 0 radical (unpaired) electrons. The van der Waals surface area contributed by atoms with Gasteiger partial charge in [-0.1, -0.05) is 64.0 Å². The first kappa shape index (κ1) is 32.7. The molecule has 1 aliphatic rings. The molecule has 1 fully saturated rings. The number of aliphatic hydroxyl groups excluding tert-OH is 1. The van der Waals surface area contributed by atoms with E-state index >= 15 is 0 Å². The molecule has 10 heteroatoms. The highest BCUT2D eigenvalue weighted by Crippen LogP contribution is 2.44. The molecule has 0 saturated carbocycles. The number of aliphatic hydroxyl groups is 1. The molecule has 0 aliphatic carbocycles. The van der Waals surface area contributed by atoms with Crippen LogP contribution in [0.5, 0.6) is 11.5 Å². The molecule has 4 rings (SSSR count). The van der Waals surface area contributed by atoms with E-state index in [4.69, 9.17) is 14.2 Å². The van der Waals surface area contributed by atoms with E-state index in [1.165, 1.54) is 4.90 Å². The molecule has 2 heterocycles. The minimum absolute atomic E-state index is 0.0777. The highest BCUT2D eigenvalue weighted by molar-refractivity contribution is 7.17. The lowest BCUT2D eigenvalue weighted by Gasteiger charge is -2.23. The number of carbonyl (C=O) groups excluding carboxylic acids is 3. The smallest absolute Gasteiger partial charge is 0.350 e. The Bertz CT molecular complexity index is 1490. The lowest BCUT2D eigenvalue weighted by molar-refractivity contribution is -0.132. The number of thiazole rings is 1. The minimum atomic E-state index is -0.995. The molecule has 1 amide bonds. The van der Waals surface area contributed by atoms with Crippen LogP contribution in [0.2, 0.25) is 0 Å². The van der Waals surface area contributed by atoms with Gasteiger partial charge >= 0.3 is 11.9 Å². The van der Waals surface area contributed by atoms with E-state index in [0.717, 1.165) is 37.0 Å². The first-order chi connectivity index (χ1) is 21.2. The summed E-state index contributed by atoms with van der Waals surface area (Å²) < 4.78 is 17.0. The Kier molecular flexibility index (Phi) is 11.2. The number of amides is 1. The SMILES string of the molecule is CCCCOc1ccc(C(O)=C2C(=O)C(=O)N(c3nc(C)c(C(=O)OCC(C)C)s3)[C@@H]2c2ccc(OCCCC)cc2)cc1. The number of benzene rings is 2. The van der Waals surface area contributed by atoms with Crippen LogP contribution >= 0.6 is 11.3 Å². The Morgan fingerprint density at radius 3 is 2.07 bits per heavy atom. The summed E-state index contributed by atoms with van der Waals surface area (Å²) in [6, 6.07) is 12.8. The van der Waals surface area contributed by atoms with Crippen LogP contribution in [0.4, 0.5) is 5.13 Å². The van der Waals surface area contributed by atoms with Crippen LogP contribution in [0.15, 0.2) is 54.1 Å². The average molecular weight is 621 g/mol. The summed E-state index contributed by atoms with van der Waals surface area (Å²) in [6.45, 7) is 11.1. The molecular formula is C34H40N2O7S. The summed E-state index contributed by atoms with van der Waals surface area (Å²) in [5, 5.41) is 11.7. The van der Waals surface area contributed by atoms with Gasteiger partial charge in [-0.05, 0) is 67.6 Å². The number of ether oxygens (including phenoxy) is 3. The molecule has 1 aliphatic heterocycles. The number of rotatable bonds is 14. The Hall–Kier alpha value is -4.18. The van der Waals surface area contributed by atoms with Gasteiger partial charge in [0.1, 0.15) is 22.1 Å². The summed E-state index contributed by atoms with van der Waals surface area (Å²) in [5.74, 6) is -1.12. The van der Waals surface area contributed by atoms with Crippen molar-refractivity contribution in [2.75, 3.05) is 24.7 Å². The molecule has 0 bridgehead atoms. The maximum absolute atomic E-state index is 13.6. The first-order valence-electron chi connectivity index (χ1n) is 15.1. The lowest BCUT2D eigenvalue weighted by atomic mass is 9.95. The van der Waals surface area contributed by atoms with Crippen LogP contribution in [-0.4, -0.2) is 47.6 Å². The maximum Gasteiger partial charge on any atom is 0.350 e. The highest BCUT2D eigenvalue weighted by atomic mass is 32.1. The lowest BCUT2D eigenvalue weighted by Crippen LogP contribution is -2.29. The van der Waals surface area contributed by atoms with Crippen molar-refractivity contribution in [2.24, 2.45) is 5.92 Å². The van der Waals surface area contributed by atoms with Gasteiger partial charge in [0.25, 0.3) is 5.78 Å². The number of anilines is 1. The average Bonchev–Trinajstić information content (AvgIpc) is 3.52. The molecule has 9 nitrogen and oxygen atoms in total. The third-order valence-electron chi connectivity index (χ3n) is 7.03. The summed E-state index contributed by atoms with van der Waals surface area (Å²) in [5.41, 5.74) is 1.25. The first-order valence-corrected chi connectivity index (χ1v) is 15.9. The maximum atomic E-state index is 13.6. The minimum Gasteiger partial charge on any atom is -0.507 e. The van der Waals surface area contributed by atoms with Crippen molar-refractivity contribution >= 4 is 39.9 Å². The Labute approximate surface area is 262 Å². The van der Waals surface area contributed by atoms with Crippen molar-refractivity contribution in [3.05, 3.63) is 75.8 Å². The van der Waals surface area contributed by atoms with Gasteiger partial charge in [0, 0.05) is 5.56 Å². The van der Waals surface area contributed by atoms with Gasteiger partial charge in [0.15, 0.2) is 5.13 Å². The molecule has 1 N–H and O–H groups in total. The normalized spacial score (nSPS) is 16.0. The standard InChI is InChI=1S/C34H40N2O7S/c1-6-8-18-41-25-14-10-23(11-15-25)28-27(29(37)24-12-16-26(17-13-24)42-19-9-7-2)30(38)32(39)36(28)34-35-22(5)31(44-34)33(40)43-20-21(3)4/h10-17,21,28,37H,6-9,18-20H2,1-5H3/t28-/m1/s1. The number of ketones is 1. The molecule has 44 heavy (non-hydrogen) atoms. The Morgan fingerprint density at radius 2 is 1.52 bits per heavy atom. The van der Waals surface area contributed by atoms with Crippen LogP contribution in [-0.2, 0) is 14.3 Å². The summed E-state index contributed by atoms with van der Waals surface area (Å²) in [7, 11) is 0. The van der Waals surface area contributed by atoms with Crippen molar-refractivity contribution in [1.82, 2.24) is 4.98 Å². The molecule has 0 unspecified atom stereocenters. The third-order valence-corrected chi connectivity index (χ3v) is 8.16. The molecule has 1 atom stereocenters. The van der Waals surface area contributed by atoms with E-state index < -0.39 is 23.7 Å². The van der Waals surface area contributed by atoms with Crippen molar-refractivity contribution in [2.45, 2.75) is 66.3 Å². The van der Waals surface area contributed by atoms with Gasteiger partial charge in [-0.15, -0.1) is 0 Å².